The summed E-state index contributed by atoms with van der Waals surface area (Å²) in [7, 11) is -3.33. The number of aliphatic carboxylic acids is 1. The number of carboxylic acids is 1. The molecule has 6 nitrogen and oxygen atoms in total. The van der Waals surface area contributed by atoms with Gasteiger partial charge < -0.3 is 10.0 Å². The lowest BCUT2D eigenvalue weighted by molar-refractivity contribution is -0.137. The van der Waals surface area contributed by atoms with Crippen LogP contribution >= 0.6 is 11.3 Å². The smallest absolute Gasteiger partial charge is 0.305 e. The third kappa shape index (κ3) is 4.31. The van der Waals surface area contributed by atoms with E-state index in [0.717, 1.165) is 17.6 Å². The van der Waals surface area contributed by atoms with E-state index in [4.69, 9.17) is 5.11 Å². The van der Waals surface area contributed by atoms with Crippen LogP contribution in [-0.2, 0) is 14.6 Å². The van der Waals surface area contributed by atoms with Gasteiger partial charge in [-0.1, -0.05) is 0 Å². The SMILES string of the molecule is CC(C)N(CCC(=O)O)C(=O)c1csc(S(C)(=O)=O)c1. The van der Waals surface area contributed by atoms with E-state index >= 15 is 0 Å². The highest BCUT2D eigenvalue weighted by Gasteiger charge is 2.22. The first kappa shape index (κ1) is 16.6. The molecule has 1 heterocycles. The largest absolute Gasteiger partial charge is 0.481 e. The molecule has 0 saturated carbocycles. The van der Waals surface area contributed by atoms with Gasteiger partial charge in [-0.3, -0.25) is 9.59 Å². The van der Waals surface area contributed by atoms with Crippen LogP contribution in [0.2, 0.25) is 0 Å². The third-order valence-corrected chi connectivity index (χ3v) is 5.41. The lowest BCUT2D eigenvalue weighted by Crippen LogP contribution is -2.38. The average molecular weight is 319 g/mol. The van der Waals surface area contributed by atoms with Crippen LogP contribution < -0.4 is 0 Å². The minimum absolute atomic E-state index is 0.0931. The van der Waals surface area contributed by atoms with Gasteiger partial charge in [0.25, 0.3) is 5.91 Å². The van der Waals surface area contributed by atoms with Crippen molar-refractivity contribution in [2.45, 2.75) is 30.5 Å². The molecule has 0 aromatic carbocycles. The molecule has 1 amide bonds. The molecule has 1 aromatic rings. The molecule has 0 saturated heterocycles. The number of carbonyl (C=O) groups is 2. The van der Waals surface area contributed by atoms with E-state index in [-0.39, 0.29) is 34.7 Å². The zero-order valence-corrected chi connectivity index (χ0v) is 13.1. The van der Waals surface area contributed by atoms with Crippen LogP contribution in [0.5, 0.6) is 0 Å². The molecule has 0 aliphatic carbocycles. The first-order valence-corrected chi connectivity index (χ1v) is 8.71. The molecule has 8 heteroatoms. The van der Waals surface area contributed by atoms with E-state index in [1.54, 1.807) is 13.8 Å². The van der Waals surface area contributed by atoms with Crippen LogP contribution in [0.25, 0.3) is 0 Å². The van der Waals surface area contributed by atoms with Crippen molar-refractivity contribution < 1.29 is 23.1 Å². The Hall–Kier alpha value is -1.41. The van der Waals surface area contributed by atoms with E-state index in [0.29, 0.717) is 0 Å². The molecule has 0 radical (unpaired) electrons. The van der Waals surface area contributed by atoms with Crippen LogP contribution in [0.15, 0.2) is 15.7 Å². The summed E-state index contributed by atoms with van der Waals surface area (Å²) in [6.45, 7) is 3.66. The maximum absolute atomic E-state index is 12.3. The summed E-state index contributed by atoms with van der Waals surface area (Å²) in [5, 5.41) is 10.2. The topological polar surface area (TPSA) is 91.8 Å². The maximum atomic E-state index is 12.3. The second-order valence-electron chi connectivity index (χ2n) is 4.66. The molecular formula is C12H17NO5S2. The molecule has 1 N–H and O–H groups in total. The summed E-state index contributed by atoms with van der Waals surface area (Å²) >= 11 is 0.987. The third-order valence-electron chi connectivity index (χ3n) is 2.64. The minimum atomic E-state index is -3.33. The van der Waals surface area contributed by atoms with Crippen LogP contribution in [0, 0.1) is 0 Å². The zero-order chi connectivity index (χ0) is 15.5. The molecular weight excluding hydrogens is 302 g/mol. The fraction of sp³-hybridized carbons (Fsp3) is 0.500. The van der Waals surface area contributed by atoms with Crippen molar-refractivity contribution in [1.82, 2.24) is 4.90 Å². The number of nitrogens with zero attached hydrogens (tertiary/aromatic N) is 1. The van der Waals surface area contributed by atoms with Crippen molar-refractivity contribution in [1.29, 1.82) is 0 Å². The lowest BCUT2D eigenvalue weighted by atomic mass is 10.2. The maximum Gasteiger partial charge on any atom is 0.305 e. The zero-order valence-electron chi connectivity index (χ0n) is 11.5. The highest BCUT2D eigenvalue weighted by Crippen LogP contribution is 2.22. The molecule has 0 aliphatic rings. The Kier molecular flexibility index (Phi) is 5.29. The fourth-order valence-electron chi connectivity index (χ4n) is 1.60. The molecule has 0 spiro atoms. The standard InChI is InChI=1S/C12H17NO5S2/c1-8(2)13(5-4-10(14)15)12(16)9-6-11(19-7-9)20(3,17)18/h6-8H,4-5H2,1-3H3,(H,14,15). The van der Waals surface area contributed by atoms with E-state index in [1.165, 1.54) is 16.3 Å². The minimum Gasteiger partial charge on any atom is -0.481 e. The fourth-order valence-corrected chi connectivity index (χ4v) is 3.39. The molecule has 1 aromatic heterocycles. The normalized spacial score (nSPS) is 11.6. The summed E-state index contributed by atoms with van der Waals surface area (Å²) in [6.07, 6.45) is 0.935. The van der Waals surface area contributed by atoms with Gasteiger partial charge in [0, 0.05) is 24.2 Å². The van der Waals surface area contributed by atoms with Gasteiger partial charge in [-0.05, 0) is 19.9 Å². The Labute approximate surface area is 121 Å². The average Bonchev–Trinajstić information content (AvgIpc) is 2.76. The van der Waals surface area contributed by atoms with Gasteiger partial charge in [-0.25, -0.2) is 8.42 Å². The number of rotatable bonds is 6. The highest BCUT2D eigenvalue weighted by atomic mass is 32.2. The number of hydrogen-bond donors (Lipinski definition) is 1. The van der Waals surface area contributed by atoms with Gasteiger partial charge in [0.2, 0.25) is 0 Å². The molecule has 20 heavy (non-hydrogen) atoms. The Morgan fingerprint density at radius 3 is 2.40 bits per heavy atom. The highest BCUT2D eigenvalue weighted by molar-refractivity contribution is 7.92. The van der Waals surface area contributed by atoms with Crippen molar-refractivity contribution in [3.05, 3.63) is 17.0 Å². The van der Waals surface area contributed by atoms with Crippen molar-refractivity contribution in [2.75, 3.05) is 12.8 Å². The Bertz CT molecular complexity index is 603. The molecule has 112 valence electrons. The first-order valence-electron chi connectivity index (χ1n) is 5.94. The van der Waals surface area contributed by atoms with E-state index in [2.05, 4.69) is 0 Å². The Morgan fingerprint density at radius 2 is 2.00 bits per heavy atom. The summed E-state index contributed by atoms with van der Waals surface area (Å²) in [5.41, 5.74) is 0.273. The number of thiophene rings is 1. The second-order valence-corrected chi connectivity index (χ2v) is 7.82. The molecule has 0 unspecified atom stereocenters. The molecule has 0 fully saturated rings. The van der Waals surface area contributed by atoms with Crippen LogP contribution in [0.3, 0.4) is 0 Å². The van der Waals surface area contributed by atoms with Crippen molar-refractivity contribution >= 4 is 33.1 Å². The number of hydrogen-bond acceptors (Lipinski definition) is 5. The first-order chi connectivity index (χ1) is 9.12. The van der Waals surface area contributed by atoms with Crippen molar-refractivity contribution in [2.24, 2.45) is 0 Å². The van der Waals surface area contributed by atoms with Gasteiger partial charge in [-0.2, -0.15) is 0 Å². The summed E-state index contributed by atoms with van der Waals surface area (Å²) in [4.78, 5) is 24.3. The summed E-state index contributed by atoms with van der Waals surface area (Å²) in [5.74, 6) is -1.34. The van der Waals surface area contributed by atoms with Crippen LogP contribution in [0.1, 0.15) is 30.6 Å². The number of carbonyl (C=O) groups excluding carboxylic acids is 1. The van der Waals surface area contributed by atoms with Gasteiger partial charge in [-0.15, -0.1) is 11.3 Å². The van der Waals surface area contributed by atoms with Crippen molar-refractivity contribution in [3.8, 4) is 0 Å². The predicted molar refractivity (Wildman–Crippen MR) is 75.9 cm³/mol. The van der Waals surface area contributed by atoms with Gasteiger partial charge in [0.15, 0.2) is 9.84 Å². The Balaban J connectivity index is 2.95. The number of amides is 1. The van der Waals surface area contributed by atoms with Gasteiger partial charge in [0.05, 0.1) is 12.0 Å². The second kappa shape index (κ2) is 6.36. The molecule has 1 rings (SSSR count). The molecule has 0 bridgehead atoms. The van der Waals surface area contributed by atoms with Gasteiger partial charge in [0.1, 0.15) is 4.21 Å². The van der Waals surface area contributed by atoms with Gasteiger partial charge >= 0.3 is 5.97 Å². The monoisotopic (exact) mass is 319 g/mol. The Morgan fingerprint density at radius 1 is 1.40 bits per heavy atom. The van der Waals surface area contributed by atoms with E-state index in [1.807, 2.05) is 0 Å². The van der Waals surface area contributed by atoms with Crippen molar-refractivity contribution in [3.63, 3.8) is 0 Å². The lowest BCUT2D eigenvalue weighted by Gasteiger charge is -2.25. The van der Waals surface area contributed by atoms with E-state index < -0.39 is 15.8 Å². The predicted octanol–water partition coefficient (Wildman–Crippen LogP) is 1.48. The number of sulfone groups is 1. The quantitative estimate of drug-likeness (QED) is 0.857. The molecule has 0 atom stereocenters. The molecule has 0 aliphatic heterocycles. The number of carboxylic acid groups (broad SMARTS) is 1. The summed E-state index contributed by atoms with van der Waals surface area (Å²) < 4.78 is 22.9. The summed E-state index contributed by atoms with van der Waals surface area (Å²) in [6, 6.07) is 1.17. The van der Waals surface area contributed by atoms with Crippen LogP contribution in [-0.4, -0.2) is 49.1 Å². The van der Waals surface area contributed by atoms with E-state index in [9.17, 15) is 18.0 Å². The van der Waals surface area contributed by atoms with Crippen LogP contribution in [0.4, 0.5) is 0 Å².